The van der Waals surface area contributed by atoms with Gasteiger partial charge in [0.25, 0.3) is 0 Å². The van der Waals surface area contributed by atoms with E-state index in [0.29, 0.717) is 12.5 Å². The Hall–Kier alpha value is -0.870. The van der Waals surface area contributed by atoms with E-state index in [9.17, 15) is 0 Å². The van der Waals surface area contributed by atoms with Gasteiger partial charge >= 0.3 is 0 Å². The lowest BCUT2D eigenvalue weighted by molar-refractivity contribution is 0.213. The van der Waals surface area contributed by atoms with Gasteiger partial charge in [0.15, 0.2) is 5.76 Å². The van der Waals surface area contributed by atoms with E-state index in [1.807, 2.05) is 6.07 Å². The maximum Gasteiger partial charge on any atom is 0.150 e. The molecular formula is C9H14N2O2. The van der Waals surface area contributed by atoms with E-state index in [2.05, 4.69) is 10.1 Å². The van der Waals surface area contributed by atoms with E-state index < -0.39 is 0 Å². The van der Waals surface area contributed by atoms with Crippen LogP contribution >= 0.6 is 0 Å². The zero-order chi connectivity index (χ0) is 9.10. The van der Waals surface area contributed by atoms with Crippen molar-refractivity contribution in [1.82, 2.24) is 10.1 Å². The van der Waals surface area contributed by atoms with Gasteiger partial charge in [-0.2, -0.15) is 0 Å². The molecule has 4 nitrogen and oxygen atoms in total. The van der Waals surface area contributed by atoms with Crippen LogP contribution in [0.5, 0.6) is 0 Å². The normalized spacial score (nSPS) is 23.9. The van der Waals surface area contributed by atoms with Crippen molar-refractivity contribution in [3.63, 3.8) is 0 Å². The van der Waals surface area contributed by atoms with Gasteiger partial charge in [0, 0.05) is 19.2 Å². The van der Waals surface area contributed by atoms with Gasteiger partial charge in [0.2, 0.25) is 0 Å². The highest BCUT2D eigenvalue weighted by atomic mass is 16.5. The standard InChI is InChI=1S/C9H14N2O2/c12-7-8-2-4-11(5-8)6-9-1-3-10-13-9/h1,3,8,12H,2,4-7H2. The van der Waals surface area contributed by atoms with Crippen LogP contribution in [0.3, 0.4) is 0 Å². The van der Waals surface area contributed by atoms with Gasteiger partial charge in [-0.05, 0) is 18.9 Å². The van der Waals surface area contributed by atoms with Crippen molar-refractivity contribution in [3.05, 3.63) is 18.0 Å². The highest BCUT2D eigenvalue weighted by Gasteiger charge is 2.22. The first-order chi connectivity index (χ1) is 6.38. The SMILES string of the molecule is OCC1CCN(Cc2ccno2)C1. The van der Waals surface area contributed by atoms with Crippen LogP contribution in [0.15, 0.2) is 16.8 Å². The molecule has 4 heteroatoms. The summed E-state index contributed by atoms with van der Waals surface area (Å²) in [6.45, 7) is 3.13. The molecule has 0 bridgehead atoms. The maximum absolute atomic E-state index is 8.95. The number of aliphatic hydroxyl groups excluding tert-OH is 1. The fraction of sp³-hybridized carbons (Fsp3) is 0.667. The summed E-state index contributed by atoms with van der Waals surface area (Å²) >= 11 is 0. The summed E-state index contributed by atoms with van der Waals surface area (Å²) in [5.41, 5.74) is 0. The van der Waals surface area contributed by atoms with E-state index in [4.69, 9.17) is 9.63 Å². The molecule has 1 atom stereocenters. The van der Waals surface area contributed by atoms with Crippen LogP contribution in [0.25, 0.3) is 0 Å². The maximum atomic E-state index is 8.95. The summed E-state index contributed by atoms with van der Waals surface area (Å²) in [4.78, 5) is 2.28. The minimum absolute atomic E-state index is 0.299. The molecule has 1 unspecified atom stereocenters. The van der Waals surface area contributed by atoms with Crippen molar-refractivity contribution in [2.24, 2.45) is 5.92 Å². The predicted octanol–water partition coefficient (Wildman–Crippen LogP) is 0.489. The molecule has 2 heterocycles. The molecule has 1 saturated heterocycles. The molecule has 0 aromatic carbocycles. The molecule has 13 heavy (non-hydrogen) atoms. The number of rotatable bonds is 3. The van der Waals surface area contributed by atoms with E-state index in [1.54, 1.807) is 6.20 Å². The number of hydrogen-bond donors (Lipinski definition) is 1. The number of nitrogens with zero attached hydrogens (tertiary/aromatic N) is 2. The van der Waals surface area contributed by atoms with Crippen molar-refractivity contribution in [2.75, 3.05) is 19.7 Å². The van der Waals surface area contributed by atoms with Crippen LogP contribution in [-0.2, 0) is 6.54 Å². The topological polar surface area (TPSA) is 49.5 Å². The van der Waals surface area contributed by atoms with Crippen molar-refractivity contribution in [1.29, 1.82) is 0 Å². The third-order valence-electron chi connectivity index (χ3n) is 2.50. The Bertz CT molecular complexity index is 248. The first-order valence-electron chi connectivity index (χ1n) is 4.61. The number of aliphatic hydroxyl groups is 1. The fourth-order valence-corrected chi connectivity index (χ4v) is 1.75. The van der Waals surface area contributed by atoms with E-state index in [0.717, 1.165) is 31.8 Å². The largest absolute Gasteiger partial charge is 0.396 e. The minimum atomic E-state index is 0.299. The van der Waals surface area contributed by atoms with Gasteiger partial charge in [0.05, 0.1) is 12.7 Å². The molecule has 1 aliphatic rings. The average Bonchev–Trinajstić information content (AvgIpc) is 2.76. The van der Waals surface area contributed by atoms with Gasteiger partial charge in [0.1, 0.15) is 0 Å². The molecule has 0 saturated carbocycles. The molecule has 0 amide bonds. The first-order valence-corrected chi connectivity index (χ1v) is 4.61. The Morgan fingerprint density at radius 3 is 3.23 bits per heavy atom. The smallest absolute Gasteiger partial charge is 0.150 e. The molecule has 1 aromatic rings. The van der Waals surface area contributed by atoms with Crippen molar-refractivity contribution >= 4 is 0 Å². The second-order valence-corrected chi connectivity index (χ2v) is 3.55. The number of hydrogen-bond acceptors (Lipinski definition) is 4. The van der Waals surface area contributed by atoms with Gasteiger partial charge in [-0.15, -0.1) is 0 Å². The Balaban J connectivity index is 1.84. The van der Waals surface area contributed by atoms with Crippen molar-refractivity contribution < 1.29 is 9.63 Å². The molecular weight excluding hydrogens is 168 g/mol. The monoisotopic (exact) mass is 182 g/mol. The lowest BCUT2D eigenvalue weighted by Crippen LogP contribution is -2.20. The minimum Gasteiger partial charge on any atom is -0.396 e. The fourth-order valence-electron chi connectivity index (χ4n) is 1.75. The molecule has 1 aliphatic heterocycles. The lowest BCUT2D eigenvalue weighted by Gasteiger charge is -2.12. The third-order valence-corrected chi connectivity index (χ3v) is 2.50. The molecule has 0 aliphatic carbocycles. The summed E-state index contributed by atoms with van der Waals surface area (Å²) in [5, 5.41) is 12.6. The Morgan fingerprint density at radius 1 is 1.69 bits per heavy atom. The quantitative estimate of drug-likeness (QED) is 0.739. The number of aromatic nitrogens is 1. The molecule has 2 rings (SSSR count). The predicted molar refractivity (Wildman–Crippen MR) is 47.0 cm³/mol. The third kappa shape index (κ3) is 2.08. The lowest BCUT2D eigenvalue weighted by atomic mass is 10.1. The summed E-state index contributed by atoms with van der Waals surface area (Å²) in [5.74, 6) is 1.35. The molecule has 0 spiro atoms. The zero-order valence-electron chi connectivity index (χ0n) is 7.52. The molecule has 1 aromatic heterocycles. The van der Waals surface area contributed by atoms with Gasteiger partial charge < -0.3 is 9.63 Å². The van der Waals surface area contributed by atoms with E-state index in [1.165, 1.54) is 0 Å². The molecule has 0 radical (unpaired) electrons. The van der Waals surface area contributed by atoms with E-state index in [-0.39, 0.29) is 0 Å². The first kappa shape index (κ1) is 8.72. The van der Waals surface area contributed by atoms with Gasteiger partial charge in [-0.25, -0.2) is 0 Å². The summed E-state index contributed by atoms with van der Waals surface area (Å²) < 4.78 is 5.01. The highest BCUT2D eigenvalue weighted by molar-refractivity contribution is 4.93. The van der Waals surface area contributed by atoms with Gasteiger partial charge in [-0.3, -0.25) is 4.90 Å². The Kier molecular flexibility index (Phi) is 2.61. The molecule has 72 valence electrons. The highest BCUT2D eigenvalue weighted by Crippen LogP contribution is 2.17. The number of likely N-dealkylation sites (tertiary alicyclic amines) is 1. The summed E-state index contributed by atoms with van der Waals surface area (Å²) in [7, 11) is 0. The average molecular weight is 182 g/mol. The Labute approximate surface area is 77.1 Å². The molecule has 1 fully saturated rings. The second kappa shape index (κ2) is 3.89. The van der Waals surface area contributed by atoms with Crippen LogP contribution in [0, 0.1) is 5.92 Å². The van der Waals surface area contributed by atoms with Crippen LogP contribution in [0.2, 0.25) is 0 Å². The second-order valence-electron chi connectivity index (χ2n) is 3.55. The van der Waals surface area contributed by atoms with Crippen LogP contribution in [-0.4, -0.2) is 34.9 Å². The Morgan fingerprint density at radius 2 is 2.62 bits per heavy atom. The van der Waals surface area contributed by atoms with Crippen molar-refractivity contribution in [3.8, 4) is 0 Å². The molecule has 1 N–H and O–H groups in total. The van der Waals surface area contributed by atoms with Crippen LogP contribution < -0.4 is 0 Å². The van der Waals surface area contributed by atoms with E-state index >= 15 is 0 Å². The summed E-state index contributed by atoms with van der Waals surface area (Å²) in [6.07, 6.45) is 2.75. The van der Waals surface area contributed by atoms with Crippen molar-refractivity contribution in [2.45, 2.75) is 13.0 Å². The zero-order valence-corrected chi connectivity index (χ0v) is 7.52. The van der Waals surface area contributed by atoms with Gasteiger partial charge in [-0.1, -0.05) is 5.16 Å². The summed E-state index contributed by atoms with van der Waals surface area (Å²) in [6, 6.07) is 1.88. The van der Waals surface area contributed by atoms with Crippen LogP contribution in [0.4, 0.5) is 0 Å². The van der Waals surface area contributed by atoms with Crippen LogP contribution in [0.1, 0.15) is 12.2 Å².